The first kappa shape index (κ1) is 19.1. The molecule has 6 nitrogen and oxygen atoms in total. The highest BCUT2D eigenvalue weighted by Gasteiger charge is 2.25. The standard InChI is InChI=1S/C23H25N5O/c1-16-7-9-20(10-8-16)25-22-13-21(18-5-3-11-24-14-18)26-23(27-22)19-6-4-12-28(15-19)17(2)29/h3,5,7-11,13-14,19H,4,6,12,15H2,1-2H3,(H,25,26,27). The highest BCUT2D eigenvalue weighted by Crippen LogP contribution is 2.29. The van der Waals surface area contributed by atoms with Gasteiger partial charge in [-0.15, -0.1) is 0 Å². The number of anilines is 2. The molecular weight excluding hydrogens is 362 g/mol. The van der Waals surface area contributed by atoms with Crippen LogP contribution < -0.4 is 5.32 Å². The van der Waals surface area contributed by atoms with Crippen LogP contribution >= 0.6 is 0 Å². The number of hydrogen-bond donors (Lipinski definition) is 1. The number of aryl methyl sites for hydroxylation is 1. The number of benzene rings is 1. The molecule has 3 aromatic rings. The van der Waals surface area contributed by atoms with Crippen LogP contribution in [0.5, 0.6) is 0 Å². The summed E-state index contributed by atoms with van der Waals surface area (Å²) >= 11 is 0. The van der Waals surface area contributed by atoms with E-state index in [9.17, 15) is 4.79 Å². The lowest BCUT2D eigenvalue weighted by Gasteiger charge is -2.31. The lowest BCUT2D eigenvalue weighted by Crippen LogP contribution is -2.38. The van der Waals surface area contributed by atoms with Crippen molar-refractivity contribution in [2.75, 3.05) is 18.4 Å². The lowest BCUT2D eigenvalue weighted by atomic mass is 9.97. The Kier molecular flexibility index (Phi) is 5.51. The molecule has 1 aromatic carbocycles. The fourth-order valence-corrected chi connectivity index (χ4v) is 3.63. The molecular formula is C23H25N5O. The number of aromatic nitrogens is 3. The van der Waals surface area contributed by atoms with E-state index in [1.54, 1.807) is 13.1 Å². The van der Waals surface area contributed by atoms with E-state index >= 15 is 0 Å². The number of nitrogens with zero attached hydrogens (tertiary/aromatic N) is 4. The summed E-state index contributed by atoms with van der Waals surface area (Å²) in [6.07, 6.45) is 5.50. The highest BCUT2D eigenvalue weighted by atomic mass is 16.2. The van der Waals surface area contributed by atoms with Crippen molar-refractivity contribution in [1.29, 1.82) is 0 Å². The van der Waals surface area contributed by atoms with Gasteiger partial charge in [0.15, 0.2) is 0 Å². The number of carbonyl (C=O) groups excluding carboxylic acids is 1. The van der Waals surface area contributed by atoms with E-state index in [0.29, 0.717) is 6.54 Å². The molecule has 1 aliphatic rings. The van der Waals surface area contributed by atoms with Gasteiger partial charge in [-0.05, 0) is 44.0 Å². The third kappa shape index (κ3) is 4.59. The van der Waals surface area contributed by atoms with Crippen LogP contribution in [0, 0.1) is 6.92 Å². The molecule has 1 aliphatic heterocycles. The molecule has 0 spiro atoms. The maximum Gasteiger partial charge on any atom is 0.219 e. The number of hydrogen-bond acceptors (Lipinski definition) is 5. The lowest BCUT2D eigenvalue weighted by molar-refractivity contribution is -0.130. The second-order valence-electron chi connectivity index (χ2n) is 7.53. The van der Waals surface area contributed by atoms with Crippen molar-refractivity contribution in [3.8, 4) is 11.3 Å². The van der Waals surface area contributed by atoms with Crippen LogP contribution in [0.3, 0.4) is 0 Å². The summed E-state index contributed by atoms with van der Waals surface area (Å²) < 4.78 is 0. The van der Waals surface area contributed by atoms with Crippen LogP contribution in [0.2, 0.25) is 0 Å². The molecule has 1 saturated heterocycles. The van der Waals surface area contributed by atoms with Gasteiger partial charge in [0.1, 0.15) is 11.6 Å². The number of amides is 1. The number of nitrogens with one attached hydrogen (secondary N) is 1. The summed E-state index contributed by atoms with van der Waals surface area (Å²) in [6.45, 7) is 5.16. The van der Waals surface area contributed by atoms with E-state index in [1.165, 1.54) is 5.56 Å². The smallest absolute Gasteiger partial charge is 0.219 e. The van der Waals surface area contributed by atoms with E-state index < -0.39 is 0 Å². The van der Waals surface area contributed by atoms with Crippen LogP contribution in [-0.4, -0.2) is 38.8 Å². The second-order valence-corrected chi connectivity index (χ2v) is 7.53. The van der Waals surface area contributed by atoms with Crippen molar-refractivity contribution < 1.29 is 4.79 Å². The summed E-state index contributed by atoms with van der Waals surface area (Å²) in [5.41, 5.74) is 3.97. The van der Waals surface area contributed by atoms with Crippen molar-refractivity contribution >= 4 is 17.4 Å². The highest BCUT2D eigenvalue weighted by molar-refractivity contribution is 5.73. The summed E-state index contributed by atoms with van der Waals surface area (Å²) in [4.78, 5) is 27.6. The zero-order chi connectivity index (χ0) is 20.2. The Morgan fingerprint density at radius 3 is 2.72 bits per heavy atom. The topological polar surface area (TPSA) is 71.0 Å². The molecule has 148 valence electrons. The van der Waals surface area contributed by atoms with E-state index in [-0.39, 0.29) is 11.8 Å². The van der Waals surface area contributed by atoms with Crippen molar-refractivity contribution in [3.63, 3.8) is 0 Å². The van der Waals surface area contributed by atoms with Crippen LogP contribution in [0.1, 0.15) is 37.1 Å². The number of rotatable bonds is 4. The molecule has 3 heterocycles. The van der Waals surface area contributed by atoms with Crippen molar-refractivity contribution in [2.24, 2.45) is 0 Å². The van der Waals surface area contributed by atoms with Crippen LogP contribution in [-0.2, 0) is 4.79 Å². The van der Waals surface area contributed by atoms with E-state index in [2.05, 4.69) is 29.4 Å². The zero-order valence-electron chi connectivity index (χ0n) is 16.8. The Balaban J connectivity index is 1.70. The molecule has 0 saturated carbocycles. The normalized spacial score (nSPS) is 16.5. The molecule has 1 unspecified atom stereocenters. The van der Waals surface area contributed by atoms with E-state index in [1.807, 2.05) is 41.4 Å². The Morgan fingerprint density at radius 1 is 1.17 bits per heavy atom. The SMILES string of the molecule is CC(=O)N1CCCC(c2nc(Nc3ccc(C)cc3)cc(-c3cccnc3)n2)C1. The van der Waals surface area contributed by atoms with E-state index in [0.717, 1.165) is 48.0 Å². The summed E-state index contributed by atoms with van der Waals surface area (Å²) in [5.74, 6) is 1.75. The number of piperidine rings is 1. The largest absolute Gasteiger partial charge is 0.342 e. The van der Waals surface area contributed by atoms with Crippen molar-refractivity contribution in [3.05, 3.63) is 66.2 Å². The van der Waals surface area contributed by atoms with Gasteiger partial charge in [-0.3, -0.25) is 9.78 Å². The molecule has 4 rings (SSSR count). The molecule has 2 aromatic heterocycles. The van der Waals surface area contributed by atoms with Gasteiger partial charge < -0.3 is 10.2 Å². The van der Waals surface area contributed by atoms with Crippen molar-refractivity contribution in [2.45, 2.75) is 32.6 Å². The van der Waals surface area contributed by atoms with Gasteiger partial charge in [-0.1, -0.05) is 17.7 Å². The zero-order valence-corrected chi connectivity index (χ0v) is 16.8. The first-order valence-electron chi connectivity index (χ1n) is 9.97. The molecule has 29 heavy (non-hydrogen) atoms. The average Bonchev–Trinajstić information content (AvgIpc) is 2.76. The molecule has 1 fully saturated rings. The quantitative estimate of drug-likeness (QED) is 0.722. The monoisotopic (exact) mass is 387 g/mol. The maximum absolute atomic E-state index is 11.9. The van der Waals surface area contributed by atoms with Crippen LogP contribution in [0.4, 0.5) is 11.5 Å². The minimum atomic E-state index is 0.108. The molecule has 0 bridgehead atoms. The molecule has 6 heteroatoms. The van der Waals surface area contributed by atoms with Gasteiger partial charge in [-0.25, -0.2) is 9.97 Å². The number of likely N-dealkylation sites (tertiary alicyclic amines) is 1. The Bertz CT molecular complexity index is 988. The fourth-order valence-electron chi connectivity index (χ4n) is 3.63. The molecule has 1 atom stereocenters. The maximum atomic E-state index is 11.9. The Morgan fingerprint density at radius 2 is 2.00 bits per heavy atom. The first-order valence-corrected chi connectivity index (χ1v) is 9.97. The predicted octanol–water partition coefficient (Wildman–Crippen LogP) is 4.32. The second kappa shape index (κ2) is 8.39. The predicted molar refractivity (Wildman–Crippen MR) is 114 cm³/mol. The van der Waals surface area contributed by atoms with Crippen LogP contribution in [0.25, 0.3) is 11.3 Å². The summed E-state index contributed by atoms with van der Waals surface area (Å²) in [6, 6.07) is 14.1. The minimum Gasteiger partial charge on any atom is -0.342 e. The average molecular weight is 387 g/mol. The van der Waals surface area contributed by atoms with E-state index in [4.69, 9.17) is 9.97 Å². The Hall–Kier alpha value is -3.28. The molecule has 0 radical (unpaired) electrons. The number of pyridine rings is 1. The van der Waals surface area contributed by atoms with Crippen molar-refractivity contribution in [1.82, 2.24) is 19.9 Å². The van der Waals surface area contributed by atoms with Gasteiger partial charge >= 0.3 is 0 Å². The molecule has 0 aliphatic carbocycles. The Labute approximate surface area is 171 Å². The van der Waals surface area contributed by atoms with Gasteiger partial charge in [0.25, 0.3) is 0 Å². The summed E-state index contributed by atoms with van der Waals surface area (Å²) in [5, 5.41) is 3.40. The van der Waals surface area contributed by atoms with Gasteiger partial charge in [0, 0.05) is 55.6 Å². The third-order valence-corrected chi connectivity index (χ3v) is 5.26. The minimum absolute atomic E-state index is 0.108. The fraction of sp³-hybridized carbons (Fsp3) is 0.304. The van der Waals surface area contributed by atoms with Gasteiger partial charge in [-0.2, -0.15) is 0 Å². The number of carbonyl (C=O) groups is 1. The molecule has 1 amide bonds. The third-order valence-electron chi connectivity index (χ3n) is 5.26. The summed E-state index contributed by atoms with van der Waals surface area (Å²) in [7, 11) is 0. The van der Waals surface area contributed by atoms with Gasteiger partial charge in [0.05, 0.1) is 5.69 Å². The van der Waals surface area contributed by atoms with Gasteiger partial charge in [0.2, 0.25) is 5.91 Å². The first-order chi connectivity index (χ1) is 14.1. The van der Waals surface area contributed by atoms with Crippen LogP contribution in [0.15, 0.2) is 54.9 Å². The molecule has 1 N–H and O–H groups in total.